The van der Waals surface area contributed by atoms with E-state index in [-0.39, 0.29) is 0 Å². The van der Waals surface area contributed by atoms with E-state index >= 15 is 0 Å². The molecule has 21 heavy (non-hydrogen) atoms. The highest BCUT2D eigenvalue weighted by atomic mass is 79.9. The first kappa shape index (κ1) is 15.1. The average molecular weight is 367 g/mol. The van der Waals surface area contributed by atoms with Crippen molar-refractivity contribution >= 4 is 27.7 Å². The van der Waals surface area contributed by atoms with Crippen LogP contribution >= 0.6 is 27.7 Å². The van der Waals surface area contributed by atoms with Gasteiger partial charge in [-0.2, -0.15) is 0 Å². The van der Waals surface area contributed by atoms with Gasteiger partial charge in [-0.3, -0.25) is 0 Å². The Balaban J connectivity index is 1.82. The number of nitrogens with one attached hydrogen (secondary N) is 1. The Hall–Kier alpha value is -0.850. The Morgan fingerprint density at radius 3 is 3.00 bits per heavy atom. The van der Waals surface area contributed by atoms with Crippen molar-refractivity contribution in [1.82, 2.24) is 20.1 Å². The highest BCUT2D eigenvalue weighted by molar-refractivity contribution is 9.10. The molecular weight excluding hydrogens is 348 g/mol. The molecule has 2 heterocycles. The van der Waals surface area contributed by atoms with Crippen LogP contribution < -0.4 is 5.32 Å². The zero-order chi connectivity index (χ0) is 14.7. The van der Waals surface area contributed by atoms with Crippen molar-refractivity contribution in [3.05, 3.63) is 34.1 Å². The summed E-state index contributed by atoms with van der Waals surface area (Å²) >= 11 is 5.36. The van der Waals surface area contributed by atoms with Gasteiger partial charge in [-0.25, -0.2) is 0 Å². The Bertz CT molecular complexity index is 626. The number of nitrogens with zero attached hydrogens (tertiary/aromatic N) is 3. The molecule has 1 aromatic heterocycles. The molecule has 1 aromatic carbocycles. The zero-order valence-electron chi connectivity index (χ0n) is 12.1. The molecule has 0 spiro atoms. The predicted molar refractivity (Wildman–Crippen MR) is 88.6 cm³/mol. The van der Waals surface area contributed by atoms with Gasteiger partial charge in [0.2, 0.25) is 0 Å². The number of rotatable bonds is 4. The molecule has 4 nitrogen and oxygen atoms in total. The van der Waals surface area contributed by atoms with E-state index in [0.717, 1.165) is 35.0 Å². The van der Waals surface area contributed by atoms with Crippen molar-refractivity contribution in [1.29, 1.82) is 0 Å². The Labute approximate surface area is 137 Å². The van der Waals surface area contributed by atoms with E-state index in [2.05, 4.69) is 54.2 Å². The molecule has 0 radical (unpaired) electrons. The molecule has 112 valence electrons. The molecule has 0 bridgehead atoms. The lowest BCUT2D eigenvalue weighted by Gasteiger charge is -2.09. The van der Waals surface area contributed by atoms with Crippen molar-refractivity contribution in [3.8, 4) is 0 Å². The van der Waals surface area contributed by atoms with Crippen molar-refractivity contribution in [2.75, 3.05) is 7.05 Å². The van der Waals surface area contributed by atoms with Gasteiger partial charge in [0.25, 0.3) is 0 Å². The van der Waals surface area contributed by atoms with Crippen LogP contribution in [-0.4, -0.2) is 21.8 Å². The Morgan fingerprint density at radius 2 is 2.19 bits per heavy atom. The summed E-state index contributed by atoms with van der Waals surface area (Å²) in [5.41, 5.74) is 1.27. The molecule has 0 saturated carbocycles. The second-order valence-corrected chi connectivity index (χ2v) is 7.12. The van der Waals surface area contributed by atoms with Gasteiger partial charge in [0.15, 0.2) is 5.16 Å². The predicted octanol–water partition coefficient (Wildman–Crippen LogP) is 3.64. The molecule has 0 aliphatic carbocycles. The topological polar surface area (TPSA) is 42.7 Å². The fraction of sp³-hybridized carbons (Fsp3) is 0.467. The van der Waals surface area contributed by atoms with Crippen molar-refractivity contribution in [3.63, 3.8) is 0 Å². The third-order valence-electron chi connectivity index (χ3n) is 3.65. The molecule has 6 heteroatoms. The summed E-state index contributed by atoms with van der Waals surface area (Å²) in [5.74, 6) is 1.14. The van der Waals surface area contributed by atoms with Crippen LogP contribution in [0.2, 0.25) is 0 Å². The van der Waals surface area contributed by atoms with Crippen LogP contribution in [-0.2, 0) is 19.5 Å². The average Bonchev–Trinajstić information content (AvgIpc) is 2.70. The molecule has 0 saturated heterocycles. The molecule has 0 unspecified atom stereocenters. The minimum atomic E-state index is 0.879. The molecule has 3 rings (SSSR count). The van der Waals surface area contributed by atoms with E-state index in [4.69, 9.17) is 0 Å². The van der Waals surface area contributed by atoms with Crippen molar-refractivity contribution < 1.29 is 0 Å². The van der Waals surface area contributed by atoms with Crippen LogP contribution in [0.25, 0.3) is 0 Å². The molecule has 2 aromatic rings. The van der Waals surface area contributed by atoms with Gasteiger partial charge in [0, 0.05) is 28.9 Å². The van der Waals surface area contributed by atoms with E-state index in [9.17, 15) is 0 Å². The highest BCUT2D eigenvalue weighted by Gasteiger charge is 2.16. The second-order valence-electron chi connectivity index (χ2n) is 5.26. The van der Waals surface area contributed by atoms with Gasteiger partial charge in [-0.05, 0) is 65.3 Å². The molecule has 1 aliphatic heterocycles. The first-order valence-electron chi connectivity index (χ1n) is 7.31. The maximum atomic E-state index is 4.38. The van der Waals surface area contributed by atoms with Gasteiger partial charge in [-0.15, -0.1) is 10.2 Å². The van der Waals surface area contributed by atoms with Crippen molar-refractivity contribution in [2.45, 2.75) is 48.8 Å². The second kappa shape index (κ2) is 6.94. The van der Waals surface area contributed by atoms with Crippen LogP contribution in [0, 0.1) is 0 Å². The summed E-state index contributed by atoms with van der Waals surface area (Å²) in [4.78, 5) is 1.19. The molecule has 1 N–H and O–H groups in total. The summed E-state index contributed by atoms with van der Waals surface area (Å²) in [7, 11) is 1.96. The quantitative estimate of drug-likeness (QED) is 0.896. The fourth-order valence-electron chi connectivity index (χ4n) is 2.57. The van der Waals surface area contributed by atoms with Crippen LogP contribution in [0.1, 0.15) is 30.7 Å². The van der Waals surface area contributed by atoms with Crippen LogP contribution in [0.5, 0.6) is 0 Å². The maximum Gasteiger partial charge on any atom is 0.196 e. The van der Waals surface area contributed by atoms with Crippen molar-refractivity contribution in [2.24, 2.45) is 0 Å². The normalized spacial score (nSPS) is 14.8. The molecular formula is C15H19BrN4S. The monoisotopic (exact) mass is 366 g/mol. The lowest BCUT2D eigenvalue weighted by molar-refractivity contribution is 0.591. The summed E-state index contributed by atoms with van der Waals surface area (Å²) in [6, 6.07) is 6.47. The lowest BCUT2D eigenvalue weighted by atomic mass is 10.2. The number of aromatic nitrogens is 3. The maximum absolute atomic E-state index is 4.38. The summed E-state index contributed by atoms with van der Waals surface area (Å²) in [5, 5.41) is 12.9. The summed E-state index contributed by atoms with van der Waals surface area (Å²) in [6.07, 6.45) is 4.79. The van der Waals surface area contributed by atoms with Gasteiger partial charge >= 0.3 is 0 Å². The van der Waals surface area contributed by atoms with E-state index < -0.39 is 0 Å². The number of hydrogen-bond donors (Lipinski definition) is 1. The number of hydrogen-bond acceptors (Lipinski definition) is 4. The van der Waals surface area contributed by atoms with Gasteiger partial charge in [0.1, 0.15) is 5.82 Å². The molecule has 1 aliphatic rings. The van der Waals surface area contributed by atoms with E-state index in [1.54, 1.807) is 11.8 Å². The number of fused-ring (bicyclic) bond motifs is 1. The molecule has 0 atom stereocenters. The van der Waals surface area contributed by atoms with Crippen LogP contribution in [0.15, 0.2) is 32.7 Å². The van der Waals surface area contributed by atoms with E-state index in [1.807, 2.05) is 7.05 Å². The largest absolute Gasteiger partial charge is 0.316 e. The zero-order valence-corrected chi connectivity index (χ0v) is 14.5. The number of benzene rings is 1. The SMILES string of the molecule is CNCc1ccc(Sc2nnc3n2CCCCC3)c(Br)c1. The molecule has 0 amide bonds. The Kier molecular flexibility index (Phi) is 4.98. The summed E-state index contributed by atoms with van der Waals surface area (Å²) in [6.45, 7) is 1.92. The Morgan fingerprint density at radius 1 is 1.29 bits per heavy atom. The first-order valence-corrected chi connectivity index (χ1v) is 8.92. The fourth-order valence-corrected chi connectivity index (χ4v) is 4.12. The van der Waals surface area contributed by atoms with Gasteiger partial charge < -0.3 is 9.88 Å². The third kappa shape index (κ3) is 3.49. The highest BCUT2D eigenvalue weighted by Crippen LogP contribution is 2.34. The first-order chi connectivity index (χ1) is 10.3. The van der Waals surface area contributed by atoms with E-state index in [0.29, 0.717) is 0 Å². The van der Waals surface area contributed by atoms with Crippen LogP contribution in [0.4, 0.5) is 0 Å². The lowest BCUT2D eigenvalue weighted by Crippen LogP contribution is -2.05. The van der Waals surface area contributed by atoms with Crippen LogP contribution in [0.3, 0.4) is 0 Å². The number of aryl methyl sites for hydroxylation is 1. The minimum absolute atomic E-state index is 0.879. The van der Waals surface area contributed by atoms with E-state index in [1.165, 1.54) is 29.7 Å². The smallest absolute Gasteiger partial charge is 0.196 e. The number of halogens is 1. The summed E-state index contributed by atoms with van der Waals surface area (Å²) < 4.78 is 3.40. The third-order valence-corrected chi connectivity index (χ3v) is 5.63. The standard InChI is InChI=1S/C15H19BrN4S/c1-17-10-11-6-7-13(12(16)9-11)21-15-19-18-14-5-3-2-4-8-20(14)15/h6-7,9,17H,2-5,8,10H2,1H3. The van der Waals surface area contributed by atoms with Gasteiger partial charge in [-0.1, -0.05) is 12.5 Å². The van der Waals surface area contributed by atoms with Gasteiger partial charge in [0.05, 0.1) is 0 Å². The molecule has 0 fully saturated rings. The minimum Gasteiger partial charge on any atom is -0.316 e.